The summed E-state index contributed by atoms with van der Waals surface area (Å²) in [5.74, 6) is 0.709. The van der Waals surface area contributed by atoms with Crippen molar-refractivity contribution in [3.8, 4) is 5.75 Å². The first-order chi connectivity index (χ1) is 16.7. The third kappa shape index (κ3) is 7.07. The first-order valence-corrected chi connectivity index (χ1v) is 12.1. The summed E-state index contributed by atoms with van der Waals surface area (Å²) in [6.45, 7) is 6.49. The maximum absolute atomic E-state index is 12.5. The summed E-state index contributed by atoms with van der Waals surface area (Å²) < 4.78 is 11.4. The zero-order chi connectivity index (χ0) is 23.8. The maximum atomic E-state index is 12.5. The Morgan fingerprint density at radius 1 is 0.829 bits per heavy atom. The van der Waals surface area contributed by atoms with Crippen LogP contribution in [0.5, 0.6) is 5.75 Å². The molecular formula is C29H35ClN2O3. The fraction of sp³-hybridized carbons (Fsp3) is 0.345. The van der Waals surface area contributed by atoms with Crippen LogP contribution in [0.4, 0.5) is 0 Å². The van der Waals surface area contributed by atoms with Crippen molar-refractivity contribution in [2.45, 2.75) is 32.0 Å². The number of hydrogen-bond donors (Lipinski definition) is 0. The van der Waals surface area contributed by atoms with Gasteiger partial charge in [0.05, 0.1) is 13.2 Å². The highest BCUT2D eigenvalue weighted by molar-refractivity contribution is 5.85. The van der Waals surface area contributed by atoms with Crippen molar-refractivity contribution in [3.05, 3.63) is 102 Å². The van der Waals surface area contributed by atoms with E-state index in [1.165, 1.54) is 11.1 Å². The molecule has 0 N–H and O–H groups in total. The van der Waals surface area contributed by atoms with Crippen LogP contribution in [0.15, 0.2) is 84.9 Å². The number of carbonyl (C=O) groups excluding carboxylic acids is 1. The molecule has 0 spiro atoms. The molecule has 3 aromatic rings. The maximum Gasteiger partial charge on any atom is 0.306 e. The topological polar surface area (TPSA) is 42.0 Å². The number of methoxy groups -OCH3 is 1. The molecule has 0 radical (unpaired) electrons. The van der Waals surface area contributed by atoms with Gasteiger partial charge in [-0.25, -0.2) is 0 Å². The molecule has 186 valence electrons. The second-order valence-corrected chi connectivity index (χ2v) is 8.69. The van der Waals surface area contributed by atoms with Crippen LogP contribution in [-0.4, -0.2) is 49.1 Å². The van der Waals surface area contributed by atoms with Crippen LogP contribution < -0.4 is 4.74 Å². The first kappa shape index (κ1) is 26.7. The Labute approximate surface area is 215 Å². The van der Waals surface area contributed by atoms with Crippen LogP contribution in [0.1, 0.15) is 42.2 Å². The largest absolute Gasteiger partial charge is 0.497 e. The minimum Gasteiger partial charge on any atom is -0.497 e. The molecule has 1 aliphatic heterocycles. The van der Waals surface area contributed by atoms with Gasteiger partial charge in [-0.05, 0) is 28.8 Å². The Bertz CT molecular complexity index is 1020. The van der Waals surface area contributed by atoms with E-state index in [4.69, 9.17) is 9.47 Å². The summed E-state index contributed by atoms with van der Waals surface area (Å²) in [6, 6.07) is 28.8. The molecule has 35 heavy (non-hydrogen) atoms. The van der Waals surface area contributed by atoms with Gasteiger partial charge in [-0.1, -0.05) is 79.7 Å². The van der Waals surface area contributed by atoms with Crippen LogP contribution in [-0.2, 0) is 16.1 Å². The van der Waals surface area contributed by atoms with E-state index in [1.54, 1.807) is 7.11 Å². The van der Waals surface area contributed by atoms with E-state index >= 15 is 0 Å². The van der Waals surface area contributed by atoms with Gasteiger partial charge in [0.1, 0.15) is 11.9 Å². The van der Waals surface area contributed by atoms with E-state index in [0.29, 0.717) is 6.42 Å². The SMILES string of the molecule is CCC(=O)OC(c1ccccc1)C(c1ccccc1)N1CCN(Cc2ccc(OC)cc2)CC1.Cl. The summed E-state index contributed by atoms with van der Waals surface area (Å²) in [4.78, 5) is 17.4. The van der Waals surface area contributed by atoms with Gasteiger partial charge in [0.2, 0.25) is 0 Å². The lowest BCUT2D eigenvalue weighted by atomic mass is 9.93. The minimum atomic E-state index is -0.357. The van der Waals surface area contributed by atoms with E-state index in [-0.39, 0.29) is 30.5 Å². The second kappa shape index (κ2) is 13.3. The molecule has 0 bridgehead atoms. The van der Waals surface area contributed by atoms with Gasteiger partial charge in [-0.3, -0.25) is 14.6 Å². The molecule has 5 nitrogen and oxygen atoms in total. The smallest absolute Gasteiger partial charge is 0.306 e. The number of carbonyl (C=O) groups is 1. The molecule has 1 aliphatic rings. The number of piperazine rings is 1. The number of esters is 1. The van der Waals surface area contributed by atoms with E-state index < -0.39 is 0 Å². The molecule has 2 unspecified atom stereocenters. The first-order valence-electron chi connectivity index (χ1n) is 12.1. The Morgan fingerprint density at radius 3 is 1.94 bits per heavy atom. The molecule has 0 aliphatic carbocycles. The minimum absolute atomic E-state index is 0. The zero-order valence-corrected chi connectivity index (χ0v) is 21.3. The Morgan fingerprint density at radius 2 is 1.40 bits per heavy atom. The highest BCUT2D eigenvalue weighted by Gasteiger charge is 2.34. The number of nitrogens with zero attached hydrogens (tertiary/aromatic N) is 2. The molecule has 6 heteroatoms. The predicted molar refractivity (Wildman–Crippen MR) is 142 cm³/mol. The van der Waals surface area contributed by atoms with E-state index in [1.807, 2.05) is 43.3 Å². The van der Waals surface area contributed by atoms with Gasteiger partial charge in [0.25, 0.3) is 0 Å². The van der Waals surface area contributed by atoms with Gasteiger partial charge in [0.15, 0.2) is 0 Å². The van der Waals surface area contributed by atoms with Crippen molar-refractivity contribution in [2.24, 2.45) is 0 Å². The van der Waals surface area contributed by atoms with Crippen molar-refractivity contribution >= 4 is 18.4 Å². The van der Waals surface area contributed by atoms with Crippen molar-refractivity contribution in [3.63, 3.8) is 0 Å². The van der Waals surface area contributed by atoms with Gasteiger partial charge in [-0.2, -0.15) is 0 Å². The molecule has 3 aromatic carbocycles. The lowest BCUT2D eigenvalue weighted by molar-refractivity contribution is -0.153. The number of ether oxygens (including phenoxy) is 2. The number of rotatable bonds is 9. The van der Waals surface area contributed by atoms with Crippen LogP contribution in [0.3, 0.4) is 0 Å². The average Bonchev–Trinajstić information content (AvgIpc) is 2.90. The Hall–Kier alpha value is -2.86. The Balaban J connectivity index is 0.00000342. The highest BCUT2D eigenvalue weighted by Crippen LogP contribution is 2.38. The van der Waals surface area contributed by atoms with Gasteiger partial charge in [0, 0.05) is 39.1 Å². The Kier molecular flexibility index (Phi) is 10.2. The highest BCUT2D eigenvalue weighted by atomic mass is 35.5. The van der Waals surface area contributed by atoms with Crippen molar-refractivity contribution < 1.29 is 14.3 Å². The summed E-state index contributed by atoms with van der Waals surface area (Å²) in [5.41, 5.74) is 3.48. The molecule has 1 fully saturated rings. The number of halogens is 1. The third-order valence-electron chi connectivity index (χ3n) is 6.47. The summed E-state index contributed by atoms with van der Waals surface area (Å²) in [5, 5.41) is 0. The number of hydrogen-bond acceptors (Lipinski definition) is 5. The molecule has 0 amide bonds. The molecular weight excluding hydrogens is 460 g/mol. The van der Waals surface area contributed by atoms with Crippen molar-refractivity contribution in [1.82, 2.24) is 9.80 Å². The normalized spacial score (nSPS) is 16.1. The van der Waals surface area contributed by atoms with E-state index in [2.05, 4.69) is 58.3 Å². The monoisotopic (exact) mass is 494 g/mol. The summed E-state index contributed by atoms with van der Waals surface area (Å²) in [6.07, 6.45) is 0.00436. The molecule has 4 rings (SSSR count). The van der Waals surface area contributed by atoms with Gasteiger partial charge < -0.3 is 9.47 Å². The van der Waals surface area contributed by atoms with E-state index in [0.717, 1.165) is 44.0 Å². The van der Waals surface area contributed by atoms with Gasteiger partial charge in [-0.15, -0.1) is 12.4 Å². The van der Waals surface area contributed by atoms with Crippen molar-refractivity contribution in [1.29, 1.82) is 0 Å². The van der Waals surface area contributed by atoms with Crippen LogP contribution in [0.25, 0.3) is 0 Å². The second-order valence-electron chi connectivity index (χ2n) is 8.69. The number of benzene rings is 3. The molecule has 0 aromatic heterocycles. The van der Waals surface area contributed by atoms with Crippen LogP contribution >= 0.6 is 12.4 Å². The fourth-order valence-electron chi connectivity index (χ4n) is 4.60. The van der Waals surface area contributed by atoms with E-state index in [9.17, 15) is 4.79 Å². The lowest BCUT2D eigenvalue weighted by Crippen LogP contribution is -2.48. The fourth-order valence-corrected chi connectivity index (χ4v) is 4.60. The average molecular weight is 495 g/mol. The van der Waals surface area contributed by atoms with Crippen LogP contribution in [0.2, 0.25) is 0 Å². The molecule has 2 atom stereocenters. The summed E-state index contributed by atoms with van der Waals surface area (Å²) >= 11 is 0. The van der Waals surface area contributed by atoms with Crippen LogP contribution in [0, 0.1) is 0 Å². The predicted octanol–water partition coefficient (Wildman–Crippen LogP) is 5.67. The molecule has 0 saturated carbocycles. The summed E-state index contributed by atoms with van der Waals surface area (Å²) in [7, 11) is 1.69. The molecule has 1 heterocycles. The van der Waals surface area contributed by atoms with Gasteiger partial charge >= 0.3 is 5.97 Å². The molecule has 1 saturated heterocycles. The van der Waals surface area contributed by atoms with Crippen molar-refractivity contribution in [2.75, 3.05) is 33.3 Å². The quantitative estimate of drug-likeness (QED) is 0.358. The lowest BCUT2D eigenvalue weighted by Gasteiger charge is -2.42. The third-order valence-corrected chi connectivity index (χ3v) is 6.47. The standard InChI is InChI=1S/C29H34N2O3.ClH/c1-3-27(32)34-29(25-12-8-5-9-13-25)28(24-10-6-4-7-11-24)31-20-18-30(19-21-31)22-23-14-16-26(33-2)17-15-23;/h4-17,28-29H,3,18-22H2,1-2H3;1H. The zero-order valence-electron chi connectivity index (χ0n) is 20.5.